The van der Waals surface area contributed by atoms with E-state index in [0.29, 0.717) is 18.4 Å². The number of halogens is 1. The third kappa shape index (κ3) is 4.28. The molecule has 0 saturated carbocycles. The van der Waals surface area contributed by atoms with Gasteiger partial charge in [0.05, 0.1) is 5.92 Å². The number of hydrogen-bond donors (Lipinski definition) is 1. The topological polar surface area (TPSA) is 46.3 Å². The van der Waals surface area contributed by atoms with Gasteiger partial charge in [0.1, 0.15) is 0 Å². The van der Waals surface area contributed by atoms with Crippen LogP contribution in [0.1, 0.15) is 36.8 Å². The predicted octanol–water partition coefficient (Wildman–Crippen LogP) is 4.05. The maximum atomic E-state index is 13.3. The summed E-state index contributed by atoms with van der Waals surface area (Å²) in [5.74, 6) is 1.07. The van der Waals surface area contributed by atoms with Crippen molar-refractivity contribution in [2.45, 2.75) is 25.7 Å². The zero-order chi connectivity index (χ0) is 17.8. The summed E-state index contributed by atoms with van der Waals surface area (Å²) in [5, 5.41) is 0. The average Bonchev–Trinajstić information content (AvgIpc) is 3.07. The summed E-state index contributed by atoms with van der Waals surface area (Å²) in [6.45, 7) is 6.38. The highest BCUT2D eigenvalue weighted by molar-refractivity contribution is 5.85. The van der Waals surface area contributed by atoms with Gasteiger partial charge in [-0.05, 0) is 29.5 Å². The van der Waals surface area contributed by atoms with Crippen LogP contribution in [0.4, 0.5) is 0 Å². The molecule has 3 nitrogen and oxygen atoms in total. The van der Waals surface area contributed by atoms with Gasteiger partial charge in [-0.25, -0.2) is 0 Å². The molecule has 1 amide bonds. The minimum Gasteiger partial charge on any atom is -0.341 e. The summed E-state index contributed by atoms with van der Waals surface area (Å²) < 4.78 is 0. The second-order valence-corrected chi connectivity index (χ2v) is 7.39. The van der Waals surface area contributed by atoms with E-state index in [4.69, 9.17) is 5.73 Å². The van der Waals surface area contributed by atoms with E-state index >= 15 is 0 Å². The van der Waals surface area contributed by atoms with Crippen molar-refractivity contribution >= 4 is 18.3 Å². The van der Waals surface area contributed by atoms with Crippen molar-refractivity contribution in [1.82, 2.24) is 4.90 Å². The Hall–Kier alpha value is -1.84. The van der Waals surface area contributed by atoms with Gasteiger partial charge in [-0.3, -0.25) is 4.79 Å². The second-order valence-electron chi connectivity index (χ2n) is 7.39. The second kappa shape index (κ2) is 9.20. The smallest absolute Gasteiger partial charge is 0.230 e. The third-order valence-corrected chi connectivity index (χ3v) is 5.37. The van der Waals surface area contributed by atoms with Crippen molar-refractivity contribution in [3.05, 3.63) is 71.8 Å². The molecule has 1 aliphatic rings. The van der Waals surface area contributed by atoms with E-state index in [1.807, 2.05) is 29.2 Å². The fourth-order valence-electron chi connectivity index (χ4n) is 4.04. The zero-order valence-electron chi connectivity index (χ0n) is 15.5. The van der Waals surface area contributed by atoms with Crippen LogP contribution in [0.15, 0.2) is 60.7 Å². The van der Waals surface area contributed by atoms with Gasteiger partial charge in [0.15, 0.2) is 0 Å². The van der Waals surface area contributed by atoms with E-state index in [1.165, 1.54) is 5.56 Å². The first-order valence-electron chi connectivity index (χ1n) is 9.20. The van der Waals surface area contributed by atoms with Gasteiger partial charge < -0.3 is 10.6 Å². The summed E-state index contributed by atoms with van der Waals surface area (Å²) in [4.78, 5) is 15.3. The highest BCUT2D eigenvalue weighted by Crippen LogP contribution is 2.35. The van der Waals surface area contributed by atoms with Crippen LogP contribution in [0.25, 0.3) is 0 Å². The van der Waals surface area contributed by atoms with Gasteiger partial charge in [-0.15, -0.1) is 12.4 Å². The Balaban J connectivity index is 0.00000243. The van der Waals surface area contributed by atoms with E-state index in [9.17, 15) is 4.79 Å². The Morgan fingerprint density at radius 3 is 2.15 bits per heavy atom. The molecular weight excluding hydrogens is 344 g/mol. The lowest BCUT2D eigenvalue weighted by molar-refractivity contribution is -0.133. The van der Waals surface area contributed by atoms with Crippen LogP contribution in [0.5, 0.6) is 0 Å². The molecule has 3 rings (SSSR count). The Kier molecular flexibility index (Phi) is 7.24. The number of carbonyl (C=O) groups excluding carboxylic acids is 1. The summed E-state index contributed by atoms with van der Waals surface area (Å²) in [6.07, 6.45) is 0. The monoisotopic (exact) mass is 372 g/mol. The van der Waals surface area contributed by atoms with Crippen LogP contribution in [-0.2, 0) is 4.79 Å². The molecule has 1 heterocycles. The summed E-state index contributed by atoms with van der Waals surface area (Å²) >= 11 is 0. The van der Waals surface area contributed by atoms with Crippen molar-refractivity contribution in [3.63, 3.8) is 0 Å². The number of nitrogens with zero attached hydrogens (tertiary/aromatic N) is 1. The molecule has 1 aliphatic heterocycles. The fourth-order valence-corrected chi connectivity index (χ4v) is 4.04. The van der Waals surface area contributed by atoms with Gasteiger partial charge in [0, 0.05) is 19.0 Å². The van der Waals surface area contributed by atoms with E-state index < -0.39 is 0 Å². The minimum absolute atomic E-state index is 0. The van der Waals surface area contributed by atoms with Crippen LogP contribution >= 0.6 is 12.4 Å². The molecule has 0 spiro atoms. The molecular formula is C22H29ClN2O. The molecule has 4 heteroatoms. The normalized spacial score (nSPS) is 20.7. The summed E-state index contributed by atoms with van der Waals surface area (Å²) in [6, 6.07) is 20.6. The molecule has 2 N–H and O–H groups in total. The molecule has 0 bridgehead atoms. The molecule has 0 aliphatic carbocycles. The molecule has 0 aromatic heterocycles. The van der Waals surface area contributed by atoms with Gasteiger partial charge in [0.25, 0.3) is 0 Å². The maximum Gasteiger partial charge on any atom is 0.230 e. The van der Waals surface area contributed by atoms with Crippen LogP contribution in [-0.4, -0.2) is 30.4 Å². The van der Waals surface area contributed by atoms with Crippen molar-refractivity contribution in [1.29, 1.82) is 0 Å². The van der Waals surface area contributed by atoms with Gasteiger partial charge in [-0.2, -0.15) is 0 Å². The van der Waals surface area contributed by atoms with E-state index in [1.54, 1.807) is 0 Å². The lowest BCUT2D eigenvalue weighted by Crippen LogP contribution is -2.36. The molecule has 2 aromatic rings. The quantitative estimate of drug-likeness (QED) is 0.860. The average molecular weight is 373 g/mol. The lowest BCUT2D eigenvalue weighted by Gasteiger charge is -2.26. The van der Waals surface area contributed by atoms with Crippen LogP contribution in [0, 0.1) is 11.8 Å². The first-order valence-corrected chi connectivity index (χ1v) is 9.20. The molecule has 3 atom stereocenters. The molecule has 140 valence electrons. The van der Waals surface area contributed by atoms with E-state index in [2.05, 4.69) is 50.2 Å². The number of carbonyl (C=O) groups is 1. The van der Waals surface area contributed by atoms with Crippen LogP contribution < -0.4 is 5.73 Å². The van der Waals surface area contributed by atoms with E-state index in [-0.39, 0.29) is 30.2 Å². The lowest BCUT2D eigenvalue weighted by atomic mass is 9.87. The zero-order valence-corrected chi connectivity index (χ0v) is 16.4. The number of nitrogens with two attached hydrogens (primary N) is 1. The highest BCUT2D eigenvalue weighted by atomic mass is 35.5. The standard InChI is InChI=1S/C22H28N2O.ClH/c1-16(2)21(18-11-7-4-8-12-18)22(25)24-14-19(13-23)20(15-24)17-9-5-3-6-10-17;/h3-12,16,19-21H,13-15,23H2,1-2H3;1H/t19-,20+,21?;/m1./s1. The van der Waals surface area contributed by atoms with E-state index in [0.717, 1.165) is 18.7 Å². The number of likely N-dealkylation sites (tertiary alicyclic amines) is 1. The van der Waals surface area contributed by atoms with Gasteiger partial charge in [0.2, 0.25) is 5.91 Å². The molecule has 1 unspecified atom stereocenters. The van der Waals surface area contributed by atoms with Crippen molar-refractivity contribution in [2.24, 2.45) is 17.6 Å². The predicted molar refractivity (Wildman–Crippen MR) is 110 cm³/mol. The number of hydrogen-bond acceptors (Lipinski definition) is 2. The number of rotatable bonds is 5. The highest BCUT2D eigenvalue weighted by Gasteiger charge is 2.38. The van der Waals surface area contributed by atoms with Crippen LogP contribution in [0.3, 0.4) is 0 Å². The molecule has 0 radical (unpaired) electrons. The Morgan fingerprint density at radius 1 is 1.04 bits per heavy atom. The largest absolute Gasteiger partial charge is 0.341 e. The summed E-state index contributed by atoms with van der Waals surface area (Å²) in [5.41, 5.74) is 8.43. The van der Waals surface area contributed by atoms with Crippen molar-refractivity contribution in [3.8, 4) is 0 Å². The molecule has 1 saturated heterocycles. The minimum atomic E-state index is -0.0888. The SMILES string of the molecule is CC(C)C(C(=O)N1C[C@@H](CN)[C@H](c2ccccc2)C1)c1ccccc1.Cl. The first kappa shape index (κ1) is 20.5. The fraction of sp³-hybridized carbons (Fsp3) is 0.409. The number of benzene rings is 2. The molecule has 1 fully saturated rings. The summed E-state index contributed by atoms with van der Waals surface area (Å²) in [7, 11) is 0. The first-order chi connectivity index (χ1) is 12.1. The molecule has 2 aromatic carbocycles. The van der Waals surface area contributed by atoms with Gasteiger partial charge >= 0.3 is 0 Å². The third-order valence-electron chi connectivity index (χ3n) is 5.37. The Bertz CT molecular complexity index is 690. The Morgan fingerprint density at radius 2 is 1.62 bits per heavy atom. The van der Waals surface area contributed by atoms with Gasteiger partial charge in [-0.1, -0.05) is 74.5 Å². The van der Waals surface area contributed by atoms with Crippen LogP contribution in [0.2, 0.25) is 0 Å². The van der Waals surface area contributed by atoms with Crippen molar-refractivity contribution < 1.29 is 4.79 Å². The maximum absolute atomic E-state index is 13.3. The van der Waals surface area contributed by atoms with Crippen molar-refractivity contribution in [2.75, 3.05) is 19.6 Å². The number of amides is 1. The molecule has 26 heavy (non-hydrogen) atoms. The Labute approximate surface area is 163 Å².